The number of alkyl halides is 2. The van der Waals surface area contributed by atoms with Crippen LogP contribution in [0.15, 0.2) is 12.0 Å². The minimum atomic E-state index is -3.68. The van der Waals surface area contributed by atoms with Crippen molar-refractivity contribution in [1.82, 2.24) is 4.31 Å². The predicted molar refractivity (Wildman–Crippen MR) is 37.8 cm³/mol. The Hall–Kier alpha value is -0.490. The van der Waals surface area contributed by atoms with Gasteiger partial charge in [-0.05, 0) is 0 Å². The van der Waals surface area contributed by atoms with Crippen LogP contribution in [0.25, 0.3) is 0 Å². The van der Waals surface area contributed by atoms with Crippen LogP contribution in [-0.4, -0.2) is 32.7 Å². The van der Waals surface area contributed by atoms with Crippen LogP contribution in [0.5, 0.6) is 0 Å². The zero-order chi connectivity index (χ0) is 9.07. The highest BCUT2D eigenvalue weighted by atomic mass is 32.2. The number of rotatable bonds is 4. The Balaban J connectivity index is 4.26. The van der Waals surface area contributed by atoms with Gasteiger partial charge in [-0.2, -0.15) is 4.31 Å². The molecule has 3 nitrogen and oxygen atoms in total. The molecule has 11 heavy (non-hydrogen) atoms. The molecule has 0 fully saturated rings. The van der Waals surface area contributed by atoms with Crippen LogP contribution in [0.2, 0.25) is 0 Å². The first-order valence-corrected chi connectivity index (χ1v) is 4.27. The fraction of sp³-hybridized carbons (Fsp3) is 0.600. The molecule has 0 N–H and O–H groups in total. The highest BCUT2D eigenvalue weighted by Crippen LogP contribution is 2.02. The van der Waals surface area contributed by atoms with Crippen molar-refractivity contribution in [1.29, 1.82) is 0 Å². The summed E-state index contributed by atoms with van der Waals surface area (Å²) in [6.45, 7) is 2.19. The van der Waals surface area contributed by atoms with Crippen LogP contribution in [0.4, 0.5) is 8.78 Å². The zero-order valence-electron chi connectivity index (χ0n) is 6.00. The maximum atomic E-state index is 11.6. The van der Waals surface area contributed by atoms with Gasteiger partial charge < -0.3 is 0 Å². The van der Waals surface area contributed by atoms with Gasteiger partial charge in [0, 0.05) is 12.5 Å². The summed E-state index contributed by atoms with van der Waals surface area (Å²) >= 11 is 0. The molecule has 0 aliphatic rings. The standard InChI is InChI=1S/C5H9F2NO2S/c1-3-11(9,10)8(2)4-5(6)7/h3,5H,1,4H2,2H3. The molecule has 0 radical (unpaired) electrons. The van der Waals surface area contributed by atoms with Crippen molar-refractivity contribution in [2.75, 3.05) is 13.6 Å². The van der Waals surface area contributed by atoms with E-state index in [0.717, 1.165) is 7.05 Å². The third-order valence-corrected chi connectivity index (χ3v) is 2.48. The van der Waals surface area contributed by atoms with Crippen molar-refractivity contribution in [3.05, 3.63) is 12.0 Å². The summed E-state index contributed by atoms with van der Waals surface area (Å²) in [4.78, 5) is 0. The normalized spacial score (nSPS) is 12.5. The van der Waals surface area contributed by atoms with Gasteiger partial charge in [-0.25, -0.2) is 17.2 Å². The van der Waals surface area contributed by atoms with Crippen molar-refractivity contribution >= 4 is 10.0 Å². The number of halogens is 2. The fourth-order valence-electron chi connectivity index (χ4n) is 0.425. The Kier molecular flexibility index (Phi) is 3.61. The van der Waals surface area contributed by atoms with Crippen LogP contribution >= 0.6 is 0 Å². The van der Waals surface area contributed by atoms with Crippen LogP contribution in [-0.2, 0) is 10.0 Å². The molecule has 0 bridgehead atoms. The van der Waals surface area contributed by atoms with Gasteiger partial charge in [0.15, 0.2) is 0 Å². The van der Waals surface area contributed by atoms with E-state index in [4.69, 9.17) is 0 Å². The molecular weight excluding hydrogens is 176 g/mol. The smallest absolute Gasteiger partial charge is 0.209 e. The minimum absolute atomic E-state index is 0.546. The molecule has 0 rings (SSSR count). The maximum absolute atomic E-state index is 11.6. The Morgan fingerprint density at radius 2 is 2.09 bits per heavy atom. The molecule has 0 unspecified atom stereocenters. The lowest BCUT2D eigenvalue weighted by atomic mass is 10.7. The van der Waals surface area contributed by atoms with E-state index in [1.54, 1.807) is 0 Å². The van der Waals surface area contributed by atoms with Crippen molar-refractivity contribution < 1.29 is 17.2 Å². The predicted octanol–water partition coefficient (Wildman–Crippen LogP) is 0.657. The van der Waals surface area contributed by atoms with Crippen LogP contribution < -0.4 is 0 Å². The second-order valence-electron chi connectivity index (χ2n) is 1.88. The molecule has 0 amide bonds. The summed E-state index contributed by atoms with van der Waals surface area (Å²) in [7, 11) is -2.60. The number of sulfonamides is 1. The summed E-state index contributed by atoms with van der Waals surface area (Å²) in [6.07, 6.45) is -2.66. The van der Waals surface area contributed by atoms with Gasteiger partial charge in [0.05, 0.1) is 6.54 Å². The Morgan fingerprint density at radius 3 is 2.36 bits per heavy atom. The monoisotopic (exact) mass is 185 g/mol. The molecule has 66 valence electrons. The van der Waals surface area contributed by atoms with Gasteiger partial charge >= 0.3 is 0 Å². The topological polar surface area (TPSA) is 37.4 Å². The molecule has 0 aliphatic carbocycles. The van der Waals surface area contributed by atoms with E-state index in [9.17, 15) is 17.2 Å². The van der Waals surface area contributed by atoms with Crippen LogP contribution in [0, 0.1) is 0 Å². The highest BCUT2D eigenvalue weighted by Gasteiger charge is 2.17. The first-order valence-electron chi connectivity index (χ1n) is 2.77. The summed E-state index contributed by atoms with van der Waals surface area (Å²) < 4.78 is 45.2. The summed E-state index contributed by atoms with van der Waals surface area (Å²) in [6, 6.07) is 0. The van der Waals surface area contributed by atoms with E-state index in [1.165, 1.54) is 0 Å². The largest absolute Gasteiger partial charge is 0.252 e. The SMILES string of the molecule is C=CS(=O)(=O)N(C)CC(F)F. The average Bonchev–Trinajstić information content (AvgIpc) is 1.86. The lowest BCUT2D eigenvalue weighted by Crippen LogP contribution is -2.29. The molecule has 0 aromatic carbocycles. The molecule has 6 heteroatoms. The van der Waals surface area contributed by atoms with Crippen molar-refractivity contribution in [2.45, 2.75) is 6.43 Å². The van der Waals surface area contributed by atoms with E-state index in [0.29, 0.717) is 9.71 Å². The average molecular weight is 185 g/mol. The third kappa shape index (κ3) is 3.43. The van der Waals surface area contributed by atoms with E-state index in [2.05, 4.69) is 6.58 Å². The van der Waals surface area contributed by atoms with Crippen molar-refractivity contribution in [3.8, 4) is 0 Å². The molecule has 0 saturated carbocycles. The number of nitrogens with zero attached hydrogens (tertiary/aromatic N) is 1. The highest BCUT2D eigenvalue weighted by molar-refractivity contribution is 7.91. The van der Waals surface area contributed by atoms with Crippen molar-refractivity contribution in [2.24, 2.45) is 0 Å². The van der Waals surface area contributed by atoms with E-state index in [-0.39, 0.29) is 0 Å². The molecule has 0 aliphatic heterocycles. The molecular formula is C5H9F2NO2S. The summed E-state index contributed by atoms with van der Waals surface area (Å²) in [5.74, 6) is 0. The quantitative estimate of drug-likeness (QED) is 0.645. The second kappa shape index (κ2) is 3.77. The molecule has 0 aromatic rings. The molecule has 0 atom stereocenters. The van der Waals surface area contributed by atoms with E-state index >= 15 is 0 Å². The lowest BCUT2D eigenvalue weighted by molar-refractivity contribution is 0.127. The molecule has 0 spiro atoms. The Bertz CT molecular complexity index is 225. The summed E-state index contributed by atoms with van der Waals surface area (Å²) in [5, 5.41) is 0.634. The van der Waals surface area contributed by atoms with Crippen LogP contribution in [0.3, 0.4) is 0 Å². The lowest BCUT2D eigenvalue weighted by Gasteiger charge is -2.12. The number of hydrogen-bond acceptors (Lipinski definition) is 2. The van der Waals surface area contributed by atoms with Gasteiger partial charge in [0.1, 0.15) is 0 Å². The first-order chi connectivity index (χ1) is 4.90. The van der Waals surface area contributed by atoms with Gasteiger partial charge in [0.25, 0.3) is 6.43 Å². The Labute approximate surface area is 64.4 Å². The van der Waals surface area contributed by atoms with Gasteiger partial charge in [0.2, 0.25) is 10.0 Å². The maximum Gasteiger partial charge on any atom is 0.252 e. The number of hydrogen-bond donors (Lipinski definition) is 0. The molecule has 0 aromatic heterocycles. The minimum Gasteiger partial charge on any atom is -0.209 e. The first kappa shape index (κ1) is 10.5. The Morgan fingerprint density at radius 1 is 1.64 bits per heavy atom. The third-order valence-electron chi connectivity index (χ3n) is 1.04. The fourth-order valence-corrected chi connectivity index (χ4v) is 1.00. The van der Waals surface area contributed by atoms with E-state index in [1.807, 2.05) is 0 Å². The molecule has 0 saturated heterocycles. The van der Waals surface area contributed by atoms with Crippen molar-refractivity contribution in [3.63, 3.8) is 0 Å². The van der Waals surface area contributed by atoms with Gasteiger partial charge in [-0.15, -0.1) is 0 Å². The summed E-state index contributed by atoms with van der Waals surface area (Å²) in [5.41, 5.74) is 0. The van der Waals surface area contributed by atoms with E-state index < -0.39 is 23.0 Å². The van der Waals surface area contributed by atoms with Gasteiger partial charge in [-0.1, -0.05) is 6.58 Å². The molecule has 0 heterocycles. The second-order valence-corrected chi connectivity index (χ2v) is 3.87. The zero-order valence-corrected chi connectivity index (χ0v) is 6.81. The van der Waals surface area contributed by atoms with Gasteiger partial charge in [-0.3, -0.25) is 0 Å². The van der Waals surface area contributed by atoms with Crippen LogP contribution in [0.1, 0.15) is 0 Å².